The van der Waals surface area contributed by atoms with Crippen molar-refractivity contribution in [1.29, 1.82) is 0 Å². The molecule has 5 nitrogen and oxygen atoms in total. The Hall–Kier alpha value is -2.83. The number of carbonyl (C=O) groups excluding carboxylic acids is 2. The third kappa shape index (κ3) is 5.82. The summed E-state index contributed by atoms with van der Waals surface area (Å²) in [6.45, 7) is 1.87. The monoisotopic (exact) mass is 473 g/mol. The number of amides is 1. The van der Waals surface area contributed by atoms with Crippen molar-refractivity contribution < 1.29 is 18.7 Å². The maximum atomic E-state index is 12.8. The highest BCUT2D eigenvalue weighted by molar-refractivity contribution is 9.10. The van der Waals surface area contributed by atoms with Gasteiger partial charge in [-0.05, 0) is 58.8 Å². The second-order valence-electron chi connectivity index (χ2n) is 6.16. The van der Waals surface area contributed by atoms with Crippen LogP contribution in [0.2, 0.25) is 5.02 Å². The van der Waals surface area contributed by atoms with E-state index in [0.717, 1.165) is 5.56 Å². The molecule has 148 valence electrons. The number of hydrogen-bond donors (Lipinski definition) is 1. The summed E-state index contributed by atoms with van der Waals surface area (Å²) in [7, 11) is 0. The molecule has 0 bridgehead atoms. The number of nitrogens with one attached hydrogen (secondary N) is 1. The van der Waals surface area contributed by atoms with Gasteiger partial charge in [-0.15, -0.1) is 0 Å². The number of esters is 1. The van der Waals surface area contributed by atoms with Crippen molar-refractivity contribution in [2.24, 2.45) is 0 Å². The molecule has 0 saturated heterocycles. The molecule has 7 heteroatoms. The van der Waals surface area contributed by atoms with Crippen LogP contribution in [0.1, 0.15) is 23.0 Å². The molecule has 0 unspecified atom stereocenters. The molecular weight excluding hydrogens is 458 g/mol. The first kappa shape index (κ1) is 20.9. The zero-order chi connectivity index (χ0) is 20.8. The van der Waals surface area contributed by atoms with Crippen LogP contribution in [0.15, 0.2) is 75.8 Å². The number of rotatable bonds is 6. The molecular formula is C22H17BrClNO4. The summed E-state index contributed by atoms with van der Waals surface area (Å²) in [5.41, 5.74) is 1.95. The van der Waals surface area contributed by atoms with Crippen molar-refractivity contribution in [2.45, 2.75) is 13.0 Å². The van der Waals surface area contributed by atoms with E-state index in [1.807, 2.05) is 13.0 Å². The minimum absolute atomic E-state index is 0.476. The maximum absolute atomic E-state index is 12.8. The lowest BCUT2D eigenvalue weighted by molar-refractivity contribution is -0.149. The summed E-state index contributed by atoms with van der Waals surface area (Å²) in [5.74, 6) is -0.689. The quantitative estimate of drug-likeness (QED) is 0.354. The van der Waals surface area contributed by atoms with E-state index in [4.69, 9.17) is 20.8 Å². The minimum atomic E-state index is -1.13. The molecule has 1 heterocycles. The van der Waals surface area contributed by atoms with E-state index >= 15 is 0 Å². The number of furan rings is 1. The molecule has 0 saturated carbocycles. The molecule has 2 aromatic carbocycles. The second-order valence-corrected chi connectivity index (χ2v) is 7.34. The Bertz CT molecular complexity index is 1050. The average molecular weight is 475 g/mol. The molecule has 0 aliphatic rings. The Labute approximate surface area is 181 Å². The molecule has 0 fully saturated rings. The number of benzene rings is 2. The maximum Gasteiger partial charge on any atom is 0.332 e. The van der Waals surface area contributed by atoms with Crippen LogP contribution in [0.4, 0.5) is 5.69 Å². The number of aryl methyl sites for hydroxylation is 1. The summed E-state index contributed by atoms with van der Waals surface area (Å²) < 4.78 is 11.3. The van der Waals surface area contributed by atoms with Gasteiger partial charge in [-0.1, -0.05) is 48.0 Å². The van der Waals surface area contributed by atoms with Crippen molar-refractivity contribution in [2.75, 3.05) is 5.32 Å². The summed E-state index contributed by atoms with van der Waals surface area (Å²) in [5, 5.41) is 3.27. The summed E-state index contributed by atoms with van der Waals surface area (Å²) in [6.07, 6.45) is 1.54. The Morgan fingerprint density at radius 2 is 1.90 bits per heavy atom. The standard InChI is InChI=1S/C22H17BrClNO4/c1-14-7-8-16(13-18(14)24)25-22(27)21(15-5-3-2-4-6-15)29-20(26)12-10-17-9-11-19(23)28-17/h2-13,21H,1H3,(H,25,27)/b12-10+/t21-/m1/s1. The van der Waals surface area contributed by atoms with E-state index in [-0.39, 0.29) is 0 Å². The average Bonchev–Trinajstić information content (AvgIpc) is 3.13. The third-order valence-electron chi connectivity index (χ3n) is 3.99. The number of anilines is 1. The molecule has 0 spiro atoms. The Morgan fingerprint density at radius 1 is 1.14 bits per heavy atom. The summed E-state index contributed by atoms with van der Waals surface area (Å²) >= 11 is 9.31. The van der Waals surface area contributed by atoms with Crippen LogP contribution < -0.4 is 5.32 Å². The molecule has 3 rings (SSSR count). The van der Waals surface area contributed by atoms with Gasteiger partial charge in [0.2, 0.25) is 6.10 Å². The van der Waals surface area contributed by atoms with Gasteiger partial charge in [0.25, 0.3) is 5.91 Å². The van der Waals surface area contributed by atoms with E-state index in [0.29, 0.717) is 26.7 Å². The Kier molecular flexibility index (Phi) is 6.90. The van der Waals surface area contributed by atoms with E-state index in [1.165, 1.54) is 12.2 Å². The smallest absolute Gasteiger partial charge is 0.332 e. The van der Waals surface area contributed by atoms with Crippen molar-refractivity contribution in [3.8, 4) is 0 Å². The lowest BCUT2D eigenvalue weighted by Crippen LogP contribution is -2.25. The number of ether oxygens (including phenoxy) is 1. The Balaban J connectivity index is 1.77. The van der Waals surface area contributed by atoms with Crippen LogP contribution >= 0.6 is 27.5 Å². The van der Waals surface area contributed by atoms with Crippen LogP contribution in [0.25, 0.3) is 6.08 Å². The van der Waals surface area contributed by atoms with Crippen LogP contribution in [0, 0.1) is 6.92 Å². The van der Waals surface area contributed by atoms with E-state index in [1.54, 1.807) is 54.6 Å². The van der Waals surface area contributed by atoms with Crippen molar-refractivity contribution in [3.05, 3.63) is 93.3 Å². The second kappa shape index (κ2) is 9.58. The molecule has 1 atom stereocenters. The summed E-state index contributed by atoms with van der Waals surface area (Å²) in [4.78, 5) is 25.1. The zero-order valence-corrected chi connectivity index (χ0v) is 17.7. The van der Waals surface area contributed by atoms with E-state index < -0.39 is 18.0 Å². The molecule has 1 amide bonds. The first-order chi connectivity index (χ1) is 13.9. The van der Waals surface area contributed by atoms with E-state index in [9.17, 15) is 9.59 Å². The largest absolute Gasteiger partial charge is 0.450 e. The SMILES string of the molecule is Cc1ccc(NC(=O)[C@H](OC(=O)/C=C/c2ccc(Br)o2)c2ccccc2)cc1Cl. The fraction of sp³-hybridized carbons (Fsp3) is 0.0909. The van der Waals surface area contributed by atoms with Gasteiger partial charge in [0.1, 0.15) is 5.76 Å². The van der Waals surface area contributed by atoms with Crippen LogP contribution in [-0.2, 0) is 14.3 Å². The molecule has 1 aromatic heterocycles. The summed E-state index contributed by atoms with van der Waals surface area (Å²) in [6, 6.07) is 17.4. The van der Waals surface area contributed by atoms with Gasteiger partial charge in [-0.3, -0.25) is 4.79 Å². The van der Waals surface area contributed by atoms with Gasteiger partial charge in [0, 0.05) is 22.3 Å². The van der Waals surface area contributed by atoms with Crippen LogP contribution in [-0.4, -0.2) is 11.9 Å². The molecule has 3 aromatic rings. The van der Waals surface area contributed by atoms with E-state index in [2.05, 4.69) is 21.2 Å². The van der Waals surface area contributed by atoms with Gasteiger partial charge in [-0.2, -0.15) is 0 Å². The Morgan fingerprint density at radius 3 is 2.55 bits per heavy atom. The first-order valence-electron chi connectivity index (χ1n) is 8.68. The van der Waals surface area contributed by atoms with Crippen molar-refractivity contribution >= 4 is 51.2 Å². The predicted molar refractivity (Wildman–Crippen MR) is 116 cm³/mol. The van der Waals surface area contributed by atoms with Crippen molar-refractivity contribution in [3.63, 3.8) is 0 Å². The number of halogens is 2. The van der Waals surface area contributed by atoms with Crippen molar-refractivity contribution in [1.82, 2.24) is 0 Å². The lowest BCUT2D eigenvalue weighted by atomic mass is 10.1. The van der Waals surface area contributed by atoms with Gasteiger partial charge in [0.15, 0.2) is 4.67 Å². The van der Waals surface area contributed by atoms with Gasteiger partial charge in [0.05, 0.1) is 0 Å². The van der Waals surface area contributed by atoms with Crippen LogP contribution in [0.5, 0.6) is 0 Å². The highest BCUT2D eigenvalue weighted by Gasteiger charge is 2.24. The van der Waals surface area contributed by atoms with Gasteiger partial charge >= 0.3 is 5.97 Å². The first-order valence-corrected chi connectivity index (χ1v) is 9.85. The third-order valence-corrected chi connectivity index (χ3v) is 4.82. The zero-order valence-electron chi connectivity index (χ0n) is 15.4. The lowest BCUT2D eigenvalue weighted by Gasteiger charge is -2.17. The fourth-order valence-electron chi connectivity index (χ4n) is 2.50. The highest BCUT2D eigenvalue weighted by Crippen LogP contribution is 2.24. The minimum Gasteiger partial charge on any atom is -0.450 e. The molecule has 1 N–H and O–H groups in total. The van der Waals surface area contributed by atoms with Gasteiger partial charge < -0.3 is 14.5 Å². The molecule has 0 aliphatic heterocycles. The predicted octanol–water partition coefficient (Wildman–Crippen LogP) is 5.94. The number of carbonyl (C=O) groups is 2. The molecule has 0 radical (unpaired) electrons. The number of hydrogen-bond acceptors (Lipinski definition) is 4. The fourth-order valence-corrected chi connectivity index (χ4v) is 3.00. The van der Waals surface area contributed by atoms with Crippen LogP contribution in [0.3, 0.4) is 0 Å². The topological polar surface area (TPSA) is 68.5 Å². The highest BCUT2D eigenvalue weighted by atomic mass is 79.9. The molecule has 0 aliphatic carbocycles. The van der Waals surface area contributed by atoms with Gasteiger partial charge in [-0.25, -0.2) is 4.79 Å². The molecule has 29 heavy (non-hydrogen) atoms. The normalized spacial score (nSPS) is 12.0.